The first-order valence-corrected chi connectivity index (χ1v) is 5.36. The fourth-order valence-corrected chi connectivity index (χ4v) is 1.64. The molecule has 2 rings (SSSR count). The van der Waals surface area contributed by atoms with Crippen LogP contribution in [0.4, 0.5) is 0 Å². The third-order valence-electron chi connectivity index (χ3n) is 2.04. The van der Waals surface area contributed by atoms with E-state index in [1.807, 2.05) is 0 Å². The number of nitrogens with zero attached hydrogens (tertiary/aromatic N) is 2. The lowest BCUT2D eigenvalue weighted by Gasteiger charge is -2.22. The van der Waals surface area contributed by atoms with Crippen LogP contribution in [-0.4, -0.2) is 29.3 Å². The molecule has 76 valence electrons. The number of hydrogen-bond donors (Lipinski definition) is 0. The van der Waals surface area contributed by atoms with Gasteiger partial charge in [-0.05, 0) is 15.9 Å². The van der Waals surface area contributed by atoms with Crippen molar-refractivity contribution >= 4 is 15.9 Å². The molecule has 1 aliphatic heterocycles. The molecule has 0 radical (unpaired) electrons. The summed E-state index contributed by atoms with van der Waals surface area (Å²) in [5.41, 5.74) is 0. The van der Waals surface area contributed by atoms with Gasteiger partial charge in [0.2, 0.25) is 5.88 Å². The van der Waals surface area contributed by atoms with Crippen LogP contribution in [0.2, 0.25) is 0 Å². The van der Waals surface area contributed by atoms with Gasteiger partial charge < -0.3 is 9.47 Å². The van der Waals surface area contributed by atoms with Crippen molar-refractivity contribution in [3.05, 3.63) is 17.0 Å². The third kappa shape index (κ3) is 2.65. The second-order valence-corrected chi connectivity index (χ2v) is 3.92. The zero-order valence-electron chi connectivity index (χ0n) is 7.65. The summed E-state index contributed by atoms with van der Waals surface area (Å²) in [5, 5.41) is 0. The van der Waals surface area contributed by atoms with Crippen LogP contribution in [0.15, 0.2) is 17.0 Å². The predicted molar refractivity (Wildman–Crippen MR) is 54.2 cm³/mol. The first-order chi connectivity index (χ1) is 6.84. The van der Waals surface area contributed by atoms with Gasteiger partial charge in [-0.1, -0.05) is 0 Å². The minimum Gasteiger partial charge on any atom is -0.473 e. The highest BCUT2D eigenvalue weighted by Gasteiger charge is 2.15. The first-order valence-electron chi connectivity index (χ1n) is 4.56. The van der Waals surface area contributed by atoms with Gasteiger partial charge in [0.15, 0.2) is 0 Å². The van der Waals surface area contributed by atoms with Crippen molar-refractivity contribution < 1.29 is 9.47 Å². The molecule has 0 aromatic carbocycles. The number of rotatable bonds is 2. The highest BCUT2D eigenvalue weighted by atomic mass is 79.9. The molecule has 0 spiro atoms. The Labute approximate surface area is 90.8 Å². The van der Waals surface area contributed by atoms with E-state index >= 15 is 0 Å². The number of ether oxygens (including phenoxy) is 2. The molecule has 0 atom stereocenters. The second-order valence-electron chi connectivity index (χ2n) is 3.11. The van der Waals surface area contributed by atoms with Crippen LogP contribution in [0.3, 0.4) is 0 Å². The van der Waals surface area contributed by atoms with E-state index in [9.17, 15) is 0 Å². The van der Waals surface area contributed by atoms with Gasteiger partial charge in [0.05, 0.1) is 25.6 Å². The van der Waals surface area contributed by atoms with Gasteiger partial charge in [-0.25, -0.2) is 4.98 Å². The SMILES string of the molecule is Brc1cncc(OC2CCOCC2)n1. The average Bonchev–Trinajstić information content (AvgIpc) is 2.19. The summed E-state index contributed by atoms with van der Waals surface area (Å²) < 4.78 is 11.6. The smallest absolute Gasteiger partial charge is 0.233 e. The quantitative estimate of drug-likeness (QED) is 0.812. The molecule has 1 aliphatic rings. The summed E-state index contributed by atoms with van der Waals surface area (Å²) in [6.07, 6.45) is 5.33. The van der Waals surface area contributed by atoms with E-state index < -0.39 is 0 Å². The van der Waals surface area contributed by atoms with Gasteiger partial charge in [0.1, 0.15) is 10.7 Å². The maximum Gasteiger partial charge on any atom is 0.233 e. The molecule has 0 unspecified atom stereocenters. The highest BCUT2D eigenvalue weighted by molar-refractivity contribution is 9.10. The second kappa shape index (κ2) is 4.70. The maximum atomic E-state index is 5.65. The molecule has 0 N–H and O–H groups in total. The van der Waals surface area contributed by atoms with E-state index in [-0.39, 0.29) is 6.10 Å². The molecule has 1 saturated heterocycles. The summed E-state index contributed by atoms with van der Waals surface area (Å²) in [7, 11) is 0. The molecule has 1 aromatic rings. The van der Waals surface area contributed by atoms with Crippen LogP contribution < -0.4 is 4.74 Å². The minimum absolute atomic E-state index is 0.215. The molecule has 0 aliphatic carbocycles. The van der Waals surface area contributed by atoms with Gasteiger partial charge in [-0.15, -0.1) is 0 Å². The monoisotopic (exact) mass is 258 g/mol. The van der Waals surface area contributed by atoms with Crippen molar-refractivity contribution in [2.75, 3.05) is 13.2 Å². The Balaban J connectivity index is 1.95. The Morgan fingerprint density at radius 1 is 1.36 bits per heavy atom. The van der Waals surface area contributed by atoms with Gasteiger partial charge in [-0.3, -0.25) is 4.98 Å². The summed E-state index contributed by atoms with van der Waals surface area (Å²) in [5.74, 6) is 0.575. The predicted octanol–water partition coefficient (Wildman–Crippen LogP) is 1.80. The topological polar surface area (TPSA) is 44.2 Å². The third-order valence-corrected chi connectivity index (χ3v) is 2.42. The van der Waals surface area contributed by atoms with Crippen LogP contribution in [0, 0.1) is 0 Å². The Hall–Kier alpha value is -0.680. The lowest BCUT2D eigenvalue weighted by molar-refractivity contribution is 0.0235. The van der Waals surface area contributed by atoms with E-state index in [4.69, 9.17) is 9.47 Å². The van der Waals surface area contributed by atoms with Crippen molar-refractivity contribution in [3.63, 3.8) is 0 Å². The lowest BCUT2D eigenvalue weighted by Crippen LogP contribution is -2.26. The average molecular weight is 259 g/mol. The summed E-state index contributed by atoms with van der Waals surface area (Å²) in [6, 6.07) is 0. The highest BCUT2D eigenvalue weighted by Crippen LogP contribution is 2.16. The van der Waals surface area contributed by atoms with Crippen LogP contribution in [0.25, 0.3) is 0 Å². The van der Waals surface area contributed by atoms with E-state index in [1.54, 1.807) is 12.4 Å². The standard InChI is InChI=1S/C9H11BrN2O2/c10-8-5-11-6-9(12-8)14-7-1-3-13-4-2-7/h5-7H,1-4H2. The Morgan fingerprint density at radius 2 is 2.14 bits per heavy atom. The number of aromatic nitrogens is 2. The van der Waals surface area contributed by atoms with Gasteiger partial charge in [-0.2, -0.15) is 0 Å². The maximum absolute atomic E-state index is 5.65. The van der Waals surface area contributed by atoms with Gasteiger partial charge in [0, 0.05) is 12.8 Å². The van der Waals surface area contributed by atoms with Crippen molar-refractivity contribution in [2.45, 2.75) is 18.9 Å². The molecule has 0 saturated carbocycles. The zero-order valence-corrected chi connectivity index (χ0v) is 9.24. The largest absolute Gasteiger partial charge is 0.473 e. The number of halogens is 1. The lowest BCUT2D eigenvalue weighted by atomic mass is 10.2. The number of hydrogen-bond acceptors (Lipinski definition) is 4. The molecule has 14 heavy (non-hydrogen) atoms. The molecule has 0 bridgehead atoms. The van der Waals surface area contributed by atoms with Gasteiger partial charge >= 0.3 is 0 Å². The van der Waals surface area contributed by atoms with Crippen LogP contribution in [0.5, 0.6) is 5.88 Å². The summed E-state index contributed by atoms with van der Waals surface area (Å²) in [6.45, 7) is 1.54. The molecule has 5 heteroatoms. The molecule has 4 nitrogen and oxygen atoms in total. The first kappa shape index (κ1) is 9.86. The Morgan fingerprint density at radius 3 is 2.86 bits per heavy atom. The zero-order chi connectivity index (χ0) is 9.80. The fraction of sp³-hybridized carbons (Fsp3) is 0.556. The van der Waals surface area contributed by atoms with Crippen molar-refractivity contribution in [1.29, 1.82) is 0 Å². The molecule has 0 amide bonds. The Kier molecular flexibility index (Phi) is 3.31. The van der Waals surface area contributed by atoms with Crippen LogP contribution >= 0.6 is 15.9 Å². The van der Waals surface area contributed by atoms with Gasteiger partial charge in [0.25, 0.3) is 0 Å². The fourth-order valence-electron chi connectivity index (χ4n) is 1.35. The van der Waals surface area contributed by atoms with E-state index in [2.05, 4.69) is 25.9 Å². The Bertz CT molecular complexity index is 303. The van der Waals surface area contributed by atoms with Crippen molar-refractivity contribution in [3.8, 4) is 5.88 Å². The normalized spacial score (nSPS) is 18.1. The molecular weight excluding hydrogens is 248 g/mol. The minimum atomic E-state index is 0.215. The summed E-state index contributed by atoms with van der Waals surface area (Å²) in [4.78, 5) is 8.14. The van der Waals surface area contributed by atoms with Crippen molar-refractivity contribution in [1.82, 2.24) is 9.97 Å². The van der Waals surface area contributed by atoms with Crippen LogP contribution in [-0.2, 0) is 4.74 Å². The van der Waals surface area contributed by atoms with Crippen molar-refractivity contribution in [2.24, 2.45) is 0 Å². The molecule has 1 fully saturated rings. The summed E-state index contributed by atoms with van der Waals surface area (Å²) >= 11 is 3.25. The van der Waals surface area contributed by atoms with Crippen LogP contribution in [0.1, 0.15) is 12.8 Å². The molecular formula is C9H11BrN2O2. The molecule has 1 aromatic heterocycles. The van der Waals surface area contributed by atoms with E-state index in [0.717, 1.165) is 26.1 Å². The molecule has 2 heterocycles. The van der Waals surface area contributed by atoms with E-state index in [0.29, 0.717) is 10.5 Å². The van der Waals surface area contributed by atoms with E-state index in [1.165, 1.54) is 0 Å².